The largest absolute Gasteiger partial charge is 0.328 e. The first-order valence-electron chi connectivity index (χ1n) is 8.36. The average molecular weight is 359 g/mol. The van der Waals surface area contributed by atoms with E-state index in [-0.39, 0.29) is 18.4 Å². The fourth-order valence-corrected chi connectivity index (χ4v) is 5.18. The molecule has 0 spiro atoms. The number of nitrogens with two attached hydrogens (primary N) is 1. The third-order valence-electron chi connectivity index (χ3n) is 5.20. The fraction of sp³-hybridized carbons (Fsp3) is 0.647. The number of halogens is 1. The van der Waals surface area contributed by atoms with E-state index in [1.165, 1.54) is 17.5 Å². The van der Waals surface area contributed by atoms with E-state index in [4.69, 9.17) is 5.73 Å². The topological polar surface area (TPSA) is 63.4 Å². The smallest absolute Gasteiger partial charge is 0.243 e. The summed E-state index contributed by atoms with van der Waals surface area (Å²) in [7, 11) is -3.35. The van der Waals surface area contributed by atoms with Gasteiger partial charge in [-0.1, -0.05) is 6.07 Å². The molecule has 130 valence electrons. The second-order valence-corrected chi connectivity index (χ2v) is 8.68. The number of nitrogens with zero attached hydrogens (tertiary/aromatic N) is 1. The monoisotopic (exact) mass is 358 g/mol. The molecule has 1 saturated heterocycles. The van der Waals surface area contributed by atoms with E-state index in [0.29, 0.717) is 23.9 Å². The van der Waals surface area contributed by atoms with E-state index >= 15 is 0 Å². The lowest BCUT2D eigenvalue weighted by Gasteiger charge is -2.33. The van der Waals surface area contributed by atoms with Gasteiger partial charge in [0.1, 0.15) is 0 Å². The molecule has 0 radical (unpaired) electrons. The first-order valence-corrected chi connectivity index (χ1v) is 9.80. The van der Waals surface area contributed by atoms with E-state index in [2.05, 4.69) is 0 Å². The molecule has 1 aromatic rings. The van der Waals surface area contributed by atoms with E-state index in [1.807, 2.05) is 19.1 Å². The normalized spacial score (nSPS) is 21.3. The minimum Gasteiger partial charge on any atom is -0.328 e. The molecule has 1 fully saturated rings. The summed E-state index contributed by atoms with van der Waals surface area (Å²) in [6, 6.07) is 5.85. The van der Waals surface area contributed by atoms with Crippen molar-refractivity contribution in [3.05, 3.63) is 29.3 Å². The third-order valence-corrected chi connectivity index (χ3v) is 7.09. The lowest BCUT2D eigenvalue weighted by Crippen LogP contribution is -2.42. The molecule has 1 aliphatic carbocycles. The molecule has 0 aromatic heterocycles. The van der Waals surface area contributed by atoms with Crippen molar-refractivity contribution in [2.24, 2.45) is 11.7 Å². The molecule has 4 nitrogen and oxygen atoms in total. The number of benzene rings is 1. The third kappa shape index (κ3) is 3.90. The Morgan fingerprint density at radius 2 is 1.74 bits per heavy atom. The van der Waals surface area contributed by atoms with Crippen LogP contribution in [0.5, 0.6) is 0 Å². The Bertz CT molecular complexity index is 638. The minimum absolute atomic E-state index is 0. The molecule has 1 aromatic carbocycles. The molecule has 1 aliphatic heterocycles. The molecule has 2 N–H and O–H groups in total. The highest BCUT2D eigenvalue weighted by Gasteiger charge is 2.31. The fourth-order valence-electron chi connectivity index (χ4n) is 3.66. The van der Waals surface area contributed by atoms with Crippen LogP contribution in [-0.2, 0) is 22.9 Å². The maximum atomic E-state index is 12.8. The van der Waals surface area contributed by atoms with Crippen molar-refractivity contribution in [1.29, 1.82) is 0 Å². The summed E-state index contributed by atoms with van der Waals surface area (Å²) in [5.74, 6) is 0.440. The van der Waals surface area contributed by atoms with Crippen LogP contribution in [-0.4, -0.2) is 31.9 Å². The molecular weight excluding hydrogens is 332 g/mol. The Kier molecular flexibility index (Phi) is 6.11. The maximum Gasteiger partial charge on any atom is 0.243 e. The number of hydrogen-bond donors (Lipinski definition) is 1. The van der Waals surface area contributed by atoms with Crippen LogP contribution in [0.1, 0.15) is 43.7 Å². The molecule has 1 heterocycles. The molecule has 3 rings (SSSR count). The summed E-state index contributed by atoms with van der Waals surface area (Å²) in [6.07, 6.45) is 6.19. The minimum atomic E-state index is -3.35. The van der Waals surface area contributed by atoms with Crippen LogP contribution in [0.15, 0.2) is 23.1 Å². The zero-order chi connectivity index (χ0) is 15.7. The summed E-state index contributed by atoms with van der Waals surface area (Å²) in [5, 5.41) is 0. The zero-order valence-electron chi connectivity index (χ0n) is 13.7. The van der Waals surface area contributed by atoms with Gasteiger partial charge in [0, 0.05) is 19.1 Å². The molecule has 0 saturated carbocycles. The van der Waals surface area contributed by atoms with Gasteiger partial charge >= 0.3 is 0 Å². The van der Waals surface area contributed by atoms with Gasteiger partial charge in [0.2, 0.25) is 10.0 Å². The maximum absolute atomic E-state index is 12.8. The molecule has 2 aliphatic rings. The Hall–Kier alpha value is -0.620. The molecule has 0 amide bonds. The molecule has 0 bridgehead atoms. The van der Waals surface area contributed by atoms with Gasteiger partial charge in [-0.05, 0) is 74.6 Å². The Morgan fingerprint density at radius 1 is 1.13 bits per heavy atom. The Morgan fingerprint density at radius 3 is 2.35 bits per heavy atom. The summed E-state index contributed by atoms with van der Waals surface area (Å²) >= 11 is 0. The van der Waals surface area contributed by atoms with Gasteiger partial charge in [-0.15, -0.1) is 12.4 Å². The van der Waals surface area contributed by atoms with Crippen LogP contribution in [0, 0.1) is 5.92 Å². The quantitative estimate of drug-likeness (QED) is 0.903. The van der Waals surface area contributed by atoms with Crippen LogP contribution in [0.3, 0.4) is 0 Å². The van der Waals surface area contributed by atoms with Gasteiger partial charge in [-0.2, -0.15) is 4.31 Å². The summed E-state index contributed by atoms with van der Waals surface area (Å²) in [6.45, 7) is 3.19. The molecule has 6 heteroatoms. The number of rotatable bonds is 3. The first kappa shape index (κ1) is 18.7. The second kappa shape index (κ2) is 7.51. The summed E-state index contributed by atoms with van der Waals surface area (Å²) < 4.78 is 27.3. The van der Waals surface area contributed by atoms with Gasteiger partial charge in [0.05, 0.1) is 4.90 Å². The molecule has 23 heavy (non-hydrogen) atoms. The highest BCUT2D eigenvalue weighted by atomic mass is 35.5. The standard InChI is InChI=1S/C17H26N2O2S.ClH/c1-13(18)14-8-10-19(11-9-14)22(20,21)17-7-6-15-4-2-3-5-16(15)12-17;/h6-7,12-14H,2-5,8-11,18H2,1H3;1H. The zero-order valence-corrected chi connectivity index (χ0v) is 15.3. The SMILES string of the molecule is CC(N)C1CCN(S(=O)(=O)c2ccc3c(c2)CCCC3)CC1.Cl. The highest BCUT2D eigenvalue weighted by molar-refractivity contribution is 7.89. The van der Waals surface area contributed by atoms with Gasteiger partial charge in [-0.25, -0.2) is 8.42 Å². The van der Waals surface area contributed by atoms with E-state index in [9.17, 15) is 8.42 Å². The number of aryl methyl sites for hydroxylation is 2. The van der Waals surface area contributed by atoms with Gasteiger partial charge in [0.15, 0.2) is 0 Å². The number of fused-ring (bicyclic) bond motifs is 1. The summed E-state index contributed by atoms with van der Waals surface area (Å²) in [4.78, 5) is 0.465. The molecule has 1 unspecified atom stereocenters. The predicted octanol–water partition coefficient (Wildman–Crippen LogP) is 2.74. The first-order chi connectivity index (χ1) is 10.5. The van der Waals surface area contributed by atoms with Crippen LogP contribution in [0.2, 0.25) is 0 Å². The van der Waals surface area contributed by atoms with Crippen molar-refractivity contribution in [2.75, 3.05) is 13.1 Å². The lowest BCUT2D eigenvalue weighted by molar-refractivity contribution is 0.250. The lowest BCUT2D eigenvalue weighted by atomic mass is 9.92. The number of piperidine rings is 1. The highest BCUT2D eigenvalue weighted by Crippen LogP contribution is 2.28. The Balaban J connectivity index is 0.00000192. The molecular formula is C17H27ClN2O2S. The van der Waals surface area contributed by atoms with Gasteiger partial charge < -0.3 is 5.73 Å². The van der Waals surface area contributed by atoms with Crippen molar-refractivity contribution in [2.45, 2.75) is 56.4 Å². The van der Waals surface area contributed by atoms with E-state index < -0.39 is 10.0 Å². The van der Waals surface area contributed by atoms with Crippen molar-refractivity contribution in [3.63, 3.8) is 0 Å². The van der Waals surface area contributed by atoms with Crippen molar-refractivity contribution >= 4 is 22.4 Å². The van der Waals surface area contributed by atoms with Gasteiger partial charge in [-0.3, -0.25) is 0 Å². The number of sulfonamides is 1. The Labute approximate surface area is 145 Å². The van der Waals surface area contributed by atoms with Crippen molar-refractivity contribution in [1.82, 2.24) is 4.31 Å². The average Bonchev–Trinajstić information content (AvgIpc) is 2.54. The van der Waals surface area contributed by atoms with Crippen LogP contribution >= 0.6 is 12.4 Å². The van der Waals surface area contributed by atoms with Crippen LogP contribution in [0.4, 0.5) is 0 Å². The van der Waals surface area contributed by atoms with Crippen LogP contribution < -0.4 is 5.73 Å². The van der Waals surface area contributed by atoms with Crippen molar-refractivity contribution < 1.29 is 8.42 Å². The van der Waals surface area contributed by atoms with E-state index in [0.717, 1.165) is 32.1 Å². The van der Waals surface area contributed by atoms with Crippen LogP contribution in [0.25, 0.3) is 0 Å². The molecule has 1 atom stereocenters. The second-order valence-electron chi connectivity index (χ2n) is 6.74. The van der Waals surface area contributed by atoms with Crippen molar-refractivity contribution in [3.8, 4) is 0 Å². The predicted molar refractivity (Wildman–Crippen MR) is 95.5 cm³/mol. The number of hydrogen-bond acceptors (Lipinski definition) is 3. The van der Waals surface area contributed by atoms with Gasteiger partial charge in [0.25, 0.3) is 0 Å². The summed E-state index contributed by atoms with van der Waals surface area (Å²) in [5.41, 5.74) is 8.48. The van der Waals surface area contributed by atoms with E-state index in [1.54, 1.807) is 10.4 Å².